The molecule has 0 radical (unpaired) electrons. The summed E-state index contributed by atoms with van der Waals surface area (Å²) >= 11 is 0. The van der Waals surface area contributed by atoms with Crippen LogP contribution in [0.2, 0.25) is 0 Å². The highest BCUT2D eigenvalue weighted by molar-refractivity contribution is 5.77. The zero-order valence-corrected chi connectivity index (χ0v) is 9.78. The highest BCUT2D eigenvalue weighted by atomic mass is 16.5. The quantitative estimate of drug-likeness (QED) is 0.791. The Morgan fingerprint density at radius 3 is 3.06 bits per heavy atom. The molecule has 0 aromatic carbocycles. The van der Waals surface area contributed by atoms with E-state index < -0.39 is 0 Å². The number of rotatable bonds is 5. The molecule has 1 amide bonds. The summed E-state index contributed by atoms with van der Waals surface area (Å²) in [5.74, 6) is -0.0790. The first-order valence-electron chi connectivity index (χ1n) is 5.94. The molecule has 0 unspecified atom stereocenters. The Morgan fingerprint density at radius 2 is 2.35 bits per heavy atom. The van der Waals surface area contributed by atoms with Crippen LogP contribution >= 0.6 is 0 Å². The number of hydrogen-bond donors (Lipinski definition) is 2. The Morgan fingerprint density at radius 1 is 1.53 bits per heavy atom. The monoisotopic (exact) mass is 238 g/mol. The minimum Gasteiger partial charge on any atom is -0.472 e. The number of nitrogens with one attached hydrogen (secondary N) is 2. The highest BCUT2D eigenvalue weighted by Gasteiger charge is 2.14. The van der Waals surface area contributed by atoms with Gasteiger partial charge < -0.3 is 19.8 Å². The minimum atomic E-state index is -0.0790. The van der Waals surface area contributed by atoms with Crippen LogP contribution in [0, 0.1) is 0 Å². The van der Waals surface area contributed by atoms with Crippen LogP contribution in [0.15, 0.2) is 23.0 Å². The molecule has 1 aromatic heterocycles. The van der Waals surface area contributed by atoms with E-state index in [0.29, 0.717) is 6.54 Å². The molecule has 0 atom stereocenters. The minimum absolute atomic E-state index is 0.0790. The number of carbonyl (C=O) groups is 1. The molecule has 2 N–H and O–H groups in total. The first kappa shape index (κ1) is 12.1. The zero-order valence-electron chi connectivity index (χ0n) is 9.78. The summed E-state index contributed by atoms with van der Waals surface area (Å²) in [7, 11) is 0. The molecular weight excluding hydrogens is 220 g/mol. The topological polar surface area (TPSA) is 63.5 Å². The lowest BCUT2D eigenvalue weighted by Crippen LogP contribution is -2.35. The normalized spacial score (nSPS) is 16.9. The Bertz CT molecular complexity index is 332. The molecule has 1 saturated heterocycles. The molecule has 0 aliphatic carbocycles. The van der Waals surface area contributed by atoms with E-state index in [0.717, 1.165) is 31.5 Å². The Kier molecular flexibility index (Phi) is 4.58. The van der Waals surface area contributed by atoms with Crippen molar-refractivity contribution in [3.8, 4) is 0 Å². The van der Waals surface area contributed by atoms with Gasteiger partial charge in [0.15, 0.2) is 0 Å². The second-order valence-electron chi connectivity index (χ2n) is 4.17. The molecule has 5 heteroatoms. The number of ether oxygens (including phenoxy) is 1. The molecule has 0 spiro atoms. The van der Waals surface area contributed by atoms with Crippen molar-refractivity contribution in [3.63, 3.8) is 0 Å². The van der Waals surface area contributed by atoms with Gasteiger partial charge in [-0.1, -0.05) is 0 Å². The number of amides is 1. The van der Waals surface area contributed by atoms with Crippen molar-refractivity contribution in [1.29, 1.82) is 0 Å². The summed E-state index contributed by atoms with van der Waals surface area (Å²) in [5, 5.41) is 6.04. The van der Waals surface area contributed by atoms with Crippen LogP contribution in [-0.2, 0) is 16.1 Å². The van der Waals surface area contributed by atoms with Gasteiger partial charge in [-0.15, -0.1) is 0 Å². The van der Waals surface area contributed by atoms with Crippen LogP contribution < -0.4 is 10.6 Å². The van der Waals surface area contributed by atoms with Crippen LogP contribution in [0.3, 0.4) is 0 Å². The predicted molar refractivity (Wildman–Crippen MR) is 62.4 cm³/mol. The number of furan rings is 1. The third kappa shape index (κ3) is 4.20. The summed E-state index contributed by atoms with van der Waals surface area (Å²) in [6, 6.07) is 1.83. The summed E-state index contributed by atoms with van der Waals surface area (Å²) in [5.41, 5.74) is 0.959. The van der Waals surface area contributed by atoms with Gasteiger partial charge in [-0.3, -0.25) is 4.79 Å². The largest absolute Gasteiger partial charge is 0.472 e. The maximum Gasteiger partial charge on any atom is 0.246 e. The fourth-order valence-electron chi connectivity index (χ4n) is 1.80. The van der Waals surface area contributed by atoms with Crippen LogP contribution in [0.4, 0.5) is 0 Å². The van der Waals surface area contributed by atoms with Crippen molar-refractivity contribution >= 4 is 5.91 Å². The van der Waals surface area contributed by atoms with E-state index in [2.05, 4.69) is 10.6 Å². The van der Waals surface area contributed by atoms with Gasteiger partial charge in [-0.2, -0.15) is 0 Å². The first-order valence-corrected chi connectivity index (χ1v) is 5.94. The van der Waals surface area contributed by atoms with Crippen LogP contribution in [0.1, 0.15) is 18.4 Å². The van der Waals surface area contributed by atoms with Crippen LogP contribution in [-0.4, -0.2) is 31.7 Å². The molecule has 94 valence electrons. The average Bonchev–Trinajstić information content (AvgIpc) is 2.88. The lowest BCUT2D eigenvalue weighted by Gasteiger charge is -2.22. The fourth-order valence-corrected chi connectivity index (χ4v) is 1.80. The molecule has 1 aliphatic rings. The second kappa shape index (κ2) is 6.42. The van der Waals surface area contributed by atoms with Crippen molar-refractivity contribution in [3.05, 3.63) is 24.2 Å². The van der Waals surface area contributed by atoms with Crippen molar-refractivity contribution in [1.82, 2.24) is 10.6 Å². The number of piperidine rings is 1. The molecule has 2 heterocycles. The van der Waals surface area contributed by atoms with Gasteiger partial charge in [0.1, 0.15) is 6.61 Å². The van der Waals surface area contributed by atoms with Gasteiger partial charge >= 0.3 is 0 Å². The average molecular weight is 238 g/mol. The molecule has 1 aliphatic heterocycles. The van der Waals surface area contributed by atoms with E-state index in [1.54, 1.807) is 12.5 Å². The van der Waals surface area contributed by atoms with E-state index in [4.69, 9.17) is 9.15 Å². The van der Waals surface area contributed by atoms with Gasteiger partial charge in [0.25, 0.3) is 0 Å². The summed E-state index contributed by atoms with van der Waals surface area (Å²) in [6.45, 7) is 2.58. The van der Waals surface area contributed by atoms with Crippen molar-refractivity contribution in [2.75, 3.05) is 19.7 Å². The van der Waals surface area contributed by atoms with Gasteiger partial charge in [0, 0.05) is 12.1 Å². The maximum atomic E-state index is 11.5. The number of carbonyl (C=O) groups excluding carboxylic acids is 1. The molecule has 17 heavy (non-hydrogen) atoms. The summed E-state index contributed by atoms with van der Waals surface area (Å²) in [4.78, 5) is 11.5. The molecule has 1 fully saturated rings. The molecule has 0 bridgehead atoms. The third-order valence-corrected chi connectivity index (χ3v) is 2.81. The first-order chi connectivity index (χ1) is 8.34. The lowest BCUT2D eigenvalue weighted by atomic mass is 10.1. The standard InChI is InChI=1S/C12H18N2O3/c15-12(14-7-10-3-6-16-8-10)9-17-11-1-4-13-5-2-11/h3,6,8,11,13H,1-2,4-5,7,9H2,(H,14,15). The van der Waals surface area contributed by atoms with Gasteiger partial charge in [0.05, 0.1) is 18.6 Å². The molecule has 1 aromatic rings. The summed E-state index contributed by atoms with van der Waals surface area (Å²) < 4.78 is 10.5. The zero-order chi connectivity index (χ0) is 11.9. The Balaban J connectivity index is 1.60. The fraction of sp³-hybridized carbons (Fsp3) is 0.583. The van der Waals surface area contributed by atoms with Crippen molar-refractivity contribution in [2.24, 2.45) is 0 Å². The van der Waals surface area contributed by atoms with E-state index in [1.165, 1.54) is 0 Å². The van der Waals surface area contributed by atoms with Gasteiger partial charge in [0.2, 0.25) is 5.91 Å². The SMILES string of the molecule is O=C(COC1CCNCC1)NCc1ccoc1. The predicted octanol–water partition coefficient (Wildman–Crippen LogP) is 0.664. The van der Waals surface area contributed by atoms with Crippen molar-refractivity contribution in [2.45, 2.75) is 25.5 Å². The molecule has 5 nitrogen and oxygen atoms in total. The number of hydrogen-bond acceptors (Lipinski definition) is 4. The van der Waals surface area contributed by atoms with Gasteiger partial charge in [-0.25, -0.2) is 0 Å². The molecule has 0 saturated carbocycles. The van der Waals surface area contributed by atoms with Gasteiger partial charge in [-0.05, 0) is 32.0 Å². The van der Waals surface area contributed by atoms with Crippen molar-refractivity contribution < 1.29 is 13.9 Å². The second-order valence-corrected chi connectivity index (χ2v) is 4.17. The van der Waals surface area contributed by atoms with E-state index >= 15 is 0 Å². The smallest absolute Gasteiger partial charge is 0.246 e. The molecular formula is C12H18N2O3. The lowest BCUT2D eigenvalue weighted by molar-refractivity contribution is -0.128. The Labute approximate surface area is 101 Å². The summed E-state index contributed by atoms with van der Waals surface area (Å²) in [6.07, 6.45) is 5.39. The molecule has 2 rings (SSSR count). The van der Waals surface area contributed by atoms with Crippen LogP contribution in [0.5, 0.6) is 0 Å². The maximum absolute atomic E-state index is 11.5. The van der Waals surface area contributed by atoms with E-state index in [9.17, 15) is 4.79 Å². The van der Waals surface area contributed by atoms with E-state index in [1.807, 2.05) is 6.07 Å². The van der Waals surface area contributed by atoms with E-state index in [-0.39, 0.29) is 18.6 Å². The third-order valence-electron chi connectivity index (χ3n) is 2.81. The Hall–Kier alpha value is -1.33. The van der Waals surface area contributed by atoms with Crippen LogP contribution in [0.25, 0.3) is 0 Å². The highest BCUT2D eigenvalue weighted by Crippen LogP contribution is 2.06.